The van der Waals surface area contributed by atoms with Crippen molar-refractivity contribution >= 4 is 34.9 Å². The van der Waals surface area contributed by atoms with Crippen LogP contribution in [0.1, 0.15) is 17.7 Å². The van der Waals surface area contributed by atoms with E-state index in [0.29, 0.717) is 6.61 Å². The van der Waals surface area contributed by atoms with Gasteiger partial charge in [0.25, 0.3) is 0 Å². The monoisotopic (exact) mass is 602 g/mol. The van der Waals surface area contributed by atoms with E-state index in [1.54, 1.807) is 6.26 Å². The molecule has 0 amide bonds. The van der Waals surface area contributed by atoms with Gasteiger partial charge in [-0.2, -0.15) is 0 Å². The fraction of sp³-hybridized carbons (Fsp3) is 0.176. The number of benzene rings is 1. The summed E-state index contributed by atoms with van der Waals surface area (Å²) < 4.78 is 51.3. The Morgan fingerprint density at radius 1 is 0.893 bits per heavy atom. The summed E-state index contributed by atoms with van der Waals surface area (Å²) in [6.45, 7) is 29.7. The Bertz CT molecular complexity index is 495. The molecule has 1 aromatic carbocycles. The van der Waals surface area contributed by atoms with Gasteiger partial charge in [0.1, 0.15) is 0 Å². The summed E-state index contributed by atoms with van der Waals surface area (Å²) >= 11 is 7.32. The van der Waals surface area contributed by atoms with Crippen molar-refractivity contribution in [3.05, 3.63) is 85.7 Å². The van der Waals surface area contributed by atoms with E-state index in [1.807, 2.05) is 59.6 Å². The van der Waals surface area contributed by atoms with Gasteiger partial charge >= 0.3 is 172 Å². The van der Waals surface area contributed by atoms with E-state index < -0.39 is 0 Å². The predicted octanol–water partition coefficient (Wildman–Crippen LogP) is 2.09. The summed E-state index contributed by atoms with van der Waals surface area (Å²) in [5.41, 5.74) is 1.15. The van der Waals surface area contributed by atoms with E-state index in [1.165, 1.54) is 0 Å². The molecule has 0 fully saturated rings. The molecule has 28 heavy (non-hydrogen) atoms. The quantitative estimate of drug-likeness (QED) is 0.173. The van der Waals surface area contributed by atoms with Crippen molar-refractivity contribution in [2.45, 2.75) is 12.2 Å². The number of ether oxygens (including phenoxy) is 1. The van der Waals surface area contributed by atoms with E-state index in [9.17, 15) is 0 Å². The molecule has 0 aliphatic rings. The Labute approximate surface area is 205 Å². The maximum absolute atomic E-state index is 7.50. The number of rotatable bonds is 4. The minimum atomic E-state index is 0. The van der Waals surface area contributed by atoms with Crippen LogP contribution < -0.4 is 0 Å². The van der Waals surface area contributed by atoms with E-state index in [-0.39, 0.29) is 39.4 Å². The van der Waals surface area contributed by atoms with Crippen LogP contribution in [0.3, 0.4) is 0 Å². The molecular weight excluding hydrogens is 588 g/mol. The smallest absolute Gasteiger partial charge is 0 e. The molecule has 11 heteroatoms. The summed E-state index contributed by atoms with van der Waals surface area (Å²) in [6, 6.07) is 10.1. The fourth-order valence-electron chi connectivity index (χ4n) is 1.02. The number of hydrogen-bond acceptors (Lipinski definition) is 2. The molecule has 0 saturated carbocycles. The standard InChI is InChI=1S/C11H13OSTe.6CO.2Fe/c1-2-12-8-10(14)11(13)9-6-4-3-5-7-9;6*1-2;;/h3-8,11,13H,2H2,1H3;;;;;;;;/p-1/b10-8-;;;;;;;;. The van der Waals surface area contributed by atoms with Crippen molar-refractivity contribution in [1.29, 1.82) is 0 Å². The third-order valence-electron chi connectivity index (χ3n) is 1.73. The van der Waals surface area contributed by atoms with Gasteiger partial charge in [0.2, 0.25) is 0 Å². The van der Waals surface area contributed by atoms with Crippen molar-refractivity contribution in [2.24, 2.45) is 0 Å². The van der Waals surface area contributed by atoms with Crippen LogP contribution in [0.2, 0.25) is 0 Å². The van der Waals surface area contributed by atoms with E-state index in [4.69, 9.17) is 45.3 Å². The van der Waals surface area contributed by atoms with Crippen molar-refractivity contribution in [3.63, 3.8) is 0 Å². The molecule has 0 spiro atoms. The Kier molecular flexibility index (Phi) is 115. The Morgan fingerprint density at radius 2 is 1.21 bits per heavy atom. The third-order valence-corrected chi connectivity index (χ3v) is 3.67. The zero-order valence-electron chi connectivity index (χ0n) is 14.1. The molecular formula is C17H12Fe2O7STe-. The molecule has 1 radical (unpaired) electrons. The molecule has 0 heterocycles. The van der Waals surface area contributed by atoms with Crippen molar-refractivity contribution in [3.8, 4) is 0 Å². The molecule has 1 rings (SSSR count). The van der Waals surface area contributed by atoms with Gasteiger partial charge in [0, 0.05) is 34.1 Å². The minimum absolute atomic E-state index is 0. The Hall–Kier alpha value is -0.621. The molecule has 0 aliphatic carbocycles. The van der Waals surface area contributed by atoms with E-state index in [2.05, 4.69) is 39.9 Å². The second kappa shape index (κ2) is 63.3. The molecule has 1 unspecified atom stereocenters. The maximum Gasteiger partial charge on any atom is 0 e. The van der Waals surface area contributed by atoms with Gasteiger partial charge in [-0.15, -0.1) is 0 Å². The molecule has 1 atom stereocenters. The molecule has 0 N–H and O–H groups in total. The van der Waals surface area contributed by atoms with Gasteiger partial charge in [0.05, 0.1) is 0 Å². The van der Waals surface area contributed by atoms with Crippen molar-refractivity contribution < 1.29 is 66.8 Å². The first kappa shape index (κ1) is 50.7. The summed E-state index contributed by atoms with van der Waals surface area (Å²) in [7, 11) is 0. The van der Waals surface area contributed by atoms with Gasteiger partial charge in [-0.1, -0.05) is 0 Å². The molecule has 1 aromatic rings. The van der Waals surface area contributed by atoms with Gasteiger partial charge < -0.3 is 0 Å². The summed E-state index contributed by atoms with van der Waals surface area (Å²) in [5, 5.41) is 0.0209. The summed E-state index contributed by atoms with van der Waals surface area (Å²) in [4.78, 5) is 0. The average Bonchev–Trinajstić information content (AvgIpc) is 2.80. The van der Waals surface area contributed by atoms with Crippen LogP contribution in [0.5, 0.6) is 0 Å². The molecule has 0 bridgehead atoms. The first-order valence-corrected chi connectivity index (χ1v) is 7.31. The molecule has 0 aliphatic heterocycles. The third kappa shape index (κ3) is 40.2. The van der Waals surface area contributed by atoms with Gasteiger partial charge in [-0.25, -0.2) is 0 Å². The maximum atomic E-state index is 7.50. The van der Waals surface area contributed by atoms with Crippen LogP contribution in [0.25, 0.3) is 0 Å². The summed E-state index contributed by atoms with van der Waals surface area (Å²) in [6.07, 6.45) is 1.76. The van der Waals surface area contributed by atoms with Gasteiger partial charge in [0.15, 0.2) is 0 Å². The molecule has 7 nitrogen and oxygen atoms in total. The largest absolute Gasteiger partial charge is 0 e. The van der Waals surface area contributed by atoms with Crippen LogP contribution in [-0.2, 0) is 79.4 Å². The second-order valence-corrected chi connectivity index (χ2v) is 4.58. The topological polar surface area (TPSA) is 129 Å². The molecule has 0 saturated heterocycles. The van der Waals surface area contributed by atoms with Gasteiger partial charge in [-0.3, -0.25) is 0 Å². The first-order chi connectivity index (χ1) is 12.8. The zero-order valence-corrected chi connectivity index (χ0v) is 19.5. The van der Waals surface area contributed by atoms with E-state index >= 15 is 0 Å². The second-order valence-electron chi connectivity index (χ2n) is 2.77. The van der Waals surface area contributed by atoms with Crippen LogP contribution in [0.15, 0.2) is 40.2 Å². The molecule has 151 valence electrons. The number of hydrogen-bond donors (Lipinski definition) is 0. The molecule has 0 aromatic heterocycles. The minimum Gasteiger partial charge on any atom is 0 e. The van der Waals surface area contributed by atoms with Crippen molar-refractivity contribution in [1.82, 2.24) is 0 Å². The predicted molar refractivity (Wildman–Crippen MR) is 85.6 cm³/mol. The summed E-state index contributed by atoms with van der Waals surface area (Å²) in [5.74, 6) is 0. The van der Waals surface area contributed by atoms with Crippen LogP contribution >= 0.6 is 0 Å². The van der Waals surface area contributed by atoms with Crippen LogP contribution in [0, 0.1) is 39.9 Å². The Morgan fingerprint density at radius 3 is 1.50 bits per heavy atom. The van der Waals surface area contributed by atoms with Gasteiger partial charge in [-0.05, 0) is 0 Å². The van der Waals surface area contributed by atoms with E-state index in [0.717, 1.165) is 9.18 Å². The average molecular weight is 600 g/mol. The van der Waals surface area contributed by atoms with Crippen LogP contribution in [-0.4, -0.2) is 28.9 Å². The fourth-order valence-corrected chi connectivity index (χ4v) is 1.81. The first-order valence-electron chi connectivity index (χ1n) is 5.67. The Balaban J connectivity index is -0.0000000410. The zero-order chi connectivity index (χ0) is 22.4. The van der Waals surface area contributed by atoms with Crippen LogP contribution in [0.4, 0.5) is 0 Å². The normalized spacial score (nSPS) is 7.29. The van der Waals surface area contributed by atoms with Crippen molar-refractivity contribution in [2.75, 3.05) is 6.61 Å². The SMILES string of the molecule is CCO/C=C(\[Te])C([S-])c1ccccc1.[C-]#[O+].[C-]#[O+].[C-]#[O+].[C-]#[O+].[C-]#[O+].[C-]#[O+].[Fe].[Fe].